The number of para-hydroxylation sites is 4. The average molecular weight is 547 g/mol. The van der Waals surface area contributed by atoms with Gasteiger partial charge in [-0.2, -0.15) is 0 Å². The standard InChI is InChI=1S/C32H36O4P2/c1-23(37(29-19-11-7-15-25(29)33-3)30-20-12-8-16-26(30)34-4)24(2)38(31-21-13-9-17-27(31)35-5)32-22-14-10-18-28(32)36-6/h7-24H,1-6H3/t23-,24-/m0/s1. The minimum atomic E-state index is -0.861. The Kier molecular flexibility index (Phi) is 9.67. The molecule has 0 bridgehead atoms. The van der Waals surface area contributed by atoms with Crippen molar-refractivity contribution in [2.24, 2.45) is 0 Å². The molecule has 6 heteroatoms. The van der Waals surface area contributed by atoms with Crippen LogP contribution in [0, 0.1) is 0 Å². The Morgan fingerprint density at radius 3 is 0.816 bits per heavy atom. The molecule has 0 saturated carbocycles. The Morgan fingerprint density at radius 2 is 0.605 bits per heavy atom. The maximum atomic E-state index is 5.89. The maximum absolute atomic E-state index is 5.89. The van der Waals surface area contributed by atoms with Crippen LogP contribution in [0.5, 0.6) is 23.0 Å². The maximum Gasteiger partial charge on any atom is 0.126 e. The van der Waals surface area contributed by atoms with E-state index < -0.39 is 15.8 Å². The van der Waals surface area contributed by atoms with Gasteiger partial charge >= 0.3 is 0 Å². The number of benzene rings is 4. The molecule has 0 spiro atoms. The van der Waals surface area contributed by atoms with Gasteiger partial charge in [-0.1, -0.05) is 86.6 Å². The van der Waals surface area contributed by atoms with E-state index in [9.17, 15) is 0 Å². The summed E-state index contributed by atoms with van der Waals surface area (Å²) in [6.45, 7) is 4.74. The van der Waals surface area contributed by atoms with E-state index in [2.05, 4.69) is 86.6 Å². The summed E-state index contributed by atoms with van der Waals surface area (Å²) in [5.41, 5.74) is 0.525. The Hall–Kier alpha value is -3.06. The molecule has 4 aromatic carbocycles. The number of hydrogen-bond donors (Lipinski definition) is 0. The van der Waals surface area contributed by atoms with Crippen molar-refractivity contribution in [2.45, 2.75) is 25.2 Å². The van der Waals surface area contributed by atoms with Crippen molar-refractivity contribution < 1.29 is 18.9 Å². The molecule has 0 amide bonds. The second-order valence-electron chi connectivity index (χ2n) is 8.91. The number of rotatable bonds is 11. The van der Waals surface area contributed by atoms with Crippen LogP contribution in [0.4, 0.5) is 0 Å². The average Bonchev–Trinajstić information content (AvgIpc) is 2.98. The highest BCUT2D eigenvalue weighted by Gasteiger charge is 2.36. The molecule has 4 aromatic rings. The highest BCUT2D eigenvalue weighted by molar-refractivity contribution is 7.78. The van der Waals surface area contributed by atoms with Gasteiger partial charge in [-0.05, 0) is 51.4 Å². The first-order chi connectivity index (χ1) is 18.5. The first kappa shape index (κ1) is 28.0. The fourth-order valence-electron chi connectivity index (χ4n) is 4.88. The molecule has 0 aromatic heterocycles. The highest BCUT2D eigenvalue weighted by Crippen LogP contribution is 2.55. The third-order valence-electron chi connectivity index (χ3n) is 6.89. The largest absolute Gasteiger partial charge is 0.496 e. The van der Waals surface area contributed by atoms with Crippen molar-refractivity contribution in [1.29, 1.82) is 0 Å². The summed E-state index contributed by atoms with van der Waals surface area (Å²) in [5.74, 6) is 3.62. The van der Waals surface area contributed by atoms with E-state index in [4.69, 9.17) is 18.9 Å². The van der Waals surface area contributed by atoms with Gasteiger partial charge < -0.3 is 18.9 Å². The van der Waals surface area contributed by atoms with E-state index in [1.807, 2.05) is 24.3 Å². The molecule has 0 aliphatic carbocycles. The molecule has 0 unspecified atom stereocenters. The van der Waals surface area contributed by atoms with Crippen molar-refractivity contribution in [2.75, 3.05) is 28.4 Å². The van der Waals surface area contributed by atoms with E-state index in [0.717, 1.165) is 23.0 Å². The molecule has 0 saturated heterocycles. The van der Waals surface area contributed by atoms with Gasteiger partial charge in [0, 0.05) is 21.2 Å². The van der Waals surface area contributed by atoms with Gasteiger partial charge in [-0.25, -0.2) is 0 Å². The van der Waals surface area contributed by atoms with Gasteiger partial charge in [0.2, 0.25) is 0 Å². The summed E-state index contributed by atoms with van der Waals surface area (Å²) in [6.07, 6.45) is 0. The molecule has 0 fully saturated rings. The molecule has 0 radical (unpaired) electrons. The fourth-order valence-corrected chi connectivity index (χ4v) is 11.4. The van der Waals surface area contributed by atoms with Crippen LogP contribution in [-0.4, -0.2) is 39.8 Å². The van der Waals surface area contributed by atoms with Crippen LogP contribution in [0.1, 0.15) is 13.8 Å². The zero-order valence-electron chi connectivity index (χ0n) is 22.9. The summed E-state index contributed by atoms with van der Waals surface area (Å²) in [4.78, 5) is 0. The monoisotopic (exact) mass is 546 g/mol. The Labute approximate surface area is 229 Å². The first-order valence-corrected chi connectivity index (χ1v) is 15.5. The van der Waals surface area contributed by atoms with Crippen molar-refractivity contribution in [1.82, 2.24) is 0 Å². The van der Waals surface area contributed by atoms with Crippen LogP contribution >= 0.6 is 15.8 Å². The van der Waals surface area contributed by atoms with Gasteiger partial charge in [0.1, 0.15) is 23.0 Å². The summed E-state index contributed by atoms with van der Waals surface area (Å²) in [7, 11) is 5.27. The molecule has 0 heterocycles. The number of ether oxygens (including phenoxy) is 4. The van der Waals surface area contributed by atoms with Crippen LogP contribution in [-0.2, 0) is 0 Å². The molecular weight excluding hydrogens is 510 g/mol. The lowest BCUT2D eigenvalue weighted by molar-refractivity contribution is 0.417. The van der Waals surface area contributed by atoms with Crippen molar-refractivity contribution in [3.05, 3.63) is 97.1 Å². The minimum absolute atomic E-state index is 0.263. The van der Waals surface area contributed by atoms with E-state index in [-0.39, 0.29) is 11.3 Å². The van der Waals surface area contributed by atoms with Crippen molar-refractivity contribution in [3.8, 4) is 23.0 Å². The summed E-state index contributed by atoms with van der Waals surface area (Å²) in [5, 5.41) is 4.85. The predicted molar refractivity (Wildman–Crippen MR) is 163 cm³/mol. The summed E-state index contributed by atoms with van der Waals surface area (Å²) in [6, 6.07) is 33.6. The van der Waals surface area contributed by atoms with Crippen LogP contribution < -0.4 is 40.2 Å². The Morgan fingerprint density at radius 1 is 0.395 bits per heavy atom. The third kappa shape index (κ3) is 5.68. The smallest absolute Gasteiger partial charge is 0.126 e. The predicted octanol–water partition coefficient (Wildman–Crippen LogP) is 6.06. The highest BCUT2D eigenvalue weighted by atomic mass is 31.1. The topological polar surface area (TPSA) is 36.9 Å². The van der Waals surface area contributed by atoms with Crippen molar-refractivity contribution >= 4 is 37.1 Å². The molecule has 0 aliphatic heterocycles. The first-order valence-electron chi connectivity index (χ1n) is 12.7. The minimum Gasteiger partial charge on any atom is -0.496 e. The Balaban J connectivity index is 1.93. The van der Waals surface area contributed by atoms with E-state index in [1.54, 1.807) is 28.4 Å². The third-order valence-corrected chi connectivity index (χ3v) is 13.2. The normalized spacial score (nSPS) is 12.7. The Bertz CT molecular complexity index is 1140. The SMILES string of the molecule is COc1ccccc1P(c1ccccc1OC)[C@@H](C)[C@H](C)P(c1ccccc1OC)c1ccccc1OC. The molecule has 38 heavy (non-hydrogen) atoms. The van der Waals surface area contributed by atoms with E-state index >= 15 is 0 Å². The van der Waals surface area contributed by atoms with E-state index in [0.29, 0.717) is 0 Å². The van der Waals surface area contributed by atoms with Crippen LogP contribution in [0.25, 0.3) is 0 Å². The zero-order chi connectivity index (χ0) is 27.1. The van der Waals surface area contributed by atoms with E-state index in [1.165, 1.54) is 21.2 Å². The fraction of sp³-hybridized carbons (Fsp3) is 0.250. The van der Waals surface area contributed by atoms with Gasteiger partial charge in [0.25, 0.3) is 0 Å². The van der Waals surface area contributed by atoms with Gasteiger partial charge in [0.15, 0.2) is 0 Å². The molecule has 0 N–H and O–H groups in total. The van der Waals surface area contributed by atoms with Gasteiger partial charge in [-0.15, -0.1) is 0 Å². The quantitative estimate of drug-likeness (QED) is 0.214. The van der Waals surface area contributed by atoms with Crippen LogP contribution in [0.15, 0.2) is 97.1 Å². The van der Waals surface area contributed by atoms with Gasteiger partial charge in [0.05, 0.1) is 28.4 Å². The number of hydrogen-bond acceptors (Lipinski definition) is 4. The lowest BCUT2D eigenvalue weighted by atomic mass is 10.3. The number of methoxy groups -OCH3 is 4. The lowest BCUT2D eigenvalue weighted by Gasteiger charge is -2.37. The molecule has 0 aliphatic rings. The van der Waals surface area contributed by atoms with Crippen LogP contribution in [0.3, 0.4) is 0 Å². The molecule has 2 atom stereocenters. The lowest BCUT2D eigenvalue weighted by Crippen LogP contribution is -2.33. The second-order valence-corrected chi connectivity index (χ2v) is 13.9. The summed E-state index contributed by atoms with van der Waals surface area (Å²) < 4.78 is 23.6. The van der Waals surface area contributed by atoms with Gasteiger partial charge in [-0.3, -0.25) is 0 Å². The zero-order valence-corrected chi connectivity index (χ0v) is 24.7. The molecule has 4 nitrogen and oxygen atoms in total. The molecule has 4 rings (SSSR count). The summed E-state index contributed by atoms with van der Waals surface area (Å²) >= 11 is 0. The second kappa shape index (κ2) is 13.1. The molecule has 198 valence electrons. The van der Waals surface area contributed by atoms with Crippen molar-refractivity contribution in [3.63, 3.8) is 0 Å². The van der Waals surface area contributed by atoms with Crippen LogP contribution in [0.2, 0.25) is 0 Å². The molecular formula is C32H36O4P2.